The molecule has 0 radical (unpaired) electrons. The van der Waals surface area contributed by atoms with E-state index < -0.39 is 6.04 Å². The van der Waals surface area contributed by atoms with Crippen molar-refractivity contribution >= 4 is 11.8 Å². The number of primary amides is 1. The Kier molecular flexibility index (Phi) is 4.93. The smallest absolute Gasteiger partial charge is 0.237 e. The first-order chi connectivity index (χ1) is 7.91. The summed E-state index contributed by atoms with van der Waals surface area (Å²) in [5.74, 6) is -0.213. The highest BCUT2D eigenvalue weighted by Crippen LogP contribution is 2.23. The molecule has 1 fully saturated rings. The molecule has 2 amide bonds. The highest BCUT2D eigenvalue weighted by molar-refractivity contribution is 5.82. The van der Waals surface area contributed by atoms with E-state index in [1.54, 1.807) is 0 Å². The van der Waals surface area contributed by atoms with Crippen molar-refractivity contribution in [1.29, 1.82) is 0 Å². The largest absolute Gasteiger partial charge is 0.369 e. The predicted molar refractivity (Wildman–Crippen MR) is 65.9 cm³/mol. The fraction of sp³-hybridized carbons (Fsp3) is 0.833. The molecular weight excluding hydrogens is 218 g/mol. The van der Waals surface area contributed by atoms with E-state index in [0.717, 1.165) is 25.7 Å². The molecule has 17 heavy (non-hydrogen) atoms. The van der Waals surface area contributed by atoms with Gasteiger partial charge in [-0.25, -0.2) is 0 Å². The summed E-state index contributed by atoms with van der Waals surface area (Å²) >= 11 is 0. The fourth-order valence-electron chi connectivity index (χ4n) is 2.12. The molecule has 98 valence electrons. The van der Waals surface area contributed by atoms with Gasteiger partial charge in [-0.3, -0.25) is 9.59 Å². The van der Waals surface area contributed by atoms with E-state index in [-0.39, 0.29) is 29.7 Å². The molecule has 0 aromatic heterocycles. The molecule has 1 atom stereocenters. The molecule has 0 aromatic carbocycles. The zero-order chi connectivity index (χ0) is 13.0. The maximum Gasteiger partial charge on any atom is 0.237 e. The molecule has 0 aromatic rings. The van der Waals surface area contributed by atoms with Crippen molar-refractivity contribution in [1.82, 2.24) is 5.32 Å². The van der Waals surface area contributed by atoms with Crippen LogP contribution in [0.25, 0.3) is 0 Å². The number of carbonyl (C=O) groups excluding carboxylic acids is 2. The van der Waals surface area contributed by atoms with Crippen LogP contribution in [0.5, 0.6) is 0 Å². The first-order valence-electron chi connectivity index (χ1n) is 6.27. The van der Waals surface area contributed by atoms with Gasteiger partial charge in [0.15, 0.2) is 0 Å². The molecule has 0 heterocycles. The zero-order valence-corrected chi connectivity index (χ0v) is 10.6. The topological polar surface area (TPSA) is 98.2 Å². The Morgan fingerprint density at radius 2 is 1.71 bits per heavy atom. The normalized spacial score (nSPS) is 26.6. The van der Waals surface area contributed by atoms with Gasteiger partial charge in [-0.15, -0.1) is 0 Å². The number of nitrogens with two attached hydrogens (primary N) is 2. The highest BCUT2D eigenvalue weighted by atomic mass is 16.2. The van der Waals surface area contributed by atoms with Gasteiger partial charge in [0.25, 0.3) is 0 Å². The zero-order valence-electron chi connectivity index (χ0n) is 10.6. The van der Waals surface area contributed by atoms with Gasteiger partial charge in [0.2, 0.25) is 11.8 Å². The predicted octanol–water partition coefficient (Wildman–Crippen LogP) is 0.130. The maximum absolute atomic E-state index is 11.7. The maximum atomic E-state index is 11.7. The summed E-state index contributed by atoms with van der Waals surface area (Å²) in [6, 6.07) is -0.313. The summed E-state index contributed by atoms with van der Waals surface area (Å²) in [6.07, 6.45) is 3.14. The second-order valence-electron chi connectivity index (χ2n) is 5.23. The van der Waals surface area contributed by atoms with E-state index in [2.05, 4.69) is 5.32 Å². The number of hydrogen-bond donors (Lipinski definition) is 3. The highest BCUT2D eigenvalue weighted by Gasteiger charge is 2.27. The summed E-state index contributed by atoms with van der Waals surface area (Å²) < 4.78 is 0. The van der Waals surface area contributed by atoms with Gasteiger partial charge in [-0.1, -0.05) is 13.8 Å². The first kappa shape index (κ1) is 14.0. The van der Waals surface area contributed by atoms with Gasteiger partial charge in [0.1, 0.15) is 0 Å². The van der Waals surface area contributed by atoms with Gasteiger partial charge in [-0.05, 0) is 31.6 Å². The van der Waals surface area contributed by atoms with Crippen LogP contribution >= 0.6 is 0 Å². The number of hydrogen-bond acceptors (Lipinski definition) is 3. The minimum atomic E-state index is -0.455. The van der Waals surface area contributed by atoms with E-state index >= 15 is 0 Å². The van der Waals surface area contributed by atoms with Crippen LogP contribution in [0.4, 0.5) is 0 Å². The minimum absolute atomic E-state index is 0.0260. The van der Waals surface area contributed by atoms with Gasteiger partial charge in [0, 0.05) is 12.0 Å². The minimum Gasteiger partial charge on any atom is -0.369 e. The lowest BCUT2D eigenvalue weighted by Gasteiger charge is -2.28. The summed E-state index contributed by atoms with van der Waals surface area (Å²) in [4.78, 5) is 22.7. The SMILES string of the molecule is CC(C)[C@@H](N)C(=O)NC1CCC(C(N)=O)CC1. The van der Waals surface area contributed by atoms with E-state index in [9.17, 15) is 9.59 Å². The number of carbonyl (C=O) groups is 2. The van der Waals surface area contributed by atoms with E-state index in [4.69, 9.17) is 11.5 Å². The number of nitrogens with one attached hydrogen (secondary N) is 1. The van der Waals surface area contributed by atoms with Crippen LogP contribution in [0, 0.1) is 11.8 Å². The van der Waals surface area contributed by atoms with Crippen molar-refractivity contribution in [2.24, 2.45) is 23.3 Å². The lowest BCUT2D eigenvalue weighted by atomic mass is 9.85. The number of amides is 2. The van der Waals surface area contributed by atoms with E-state index in [0.29, 0.717) is 0 Å². The summed E-state index contributed by atoms with van der Waals surface area (Å²) in [6.45, 7) is 3.85. The second kappa shape index (κ2) is 6.00. The Bertz CT molecular complexity index is 283. The van der Waals surface area contributed by atoms with Crippen molar-refractivity contribution in [3.05, 3.63) is 0 Å². The molecule has 0 saturated heterocycles. The van der Waals surface area contributed by atoms with Crippen molar-refractivity contribution < 1.29 is 9.59 Å². The summed E-state index contributed by atoms with van der Waals surface area (Å²) in [7, 11) is 0. The van der Waals surface area contributed by atoms with Crippen LogP contribution in [0.1, 0.15) is 39.5 Å². The van der Waals surface area contributed by atoms with Crippen LogP contribution in [-0.2, 0) is 9.59 Å². The Morgan fingerprint density at radius 3 is 2.12 bits per heavy atom. The molecule has 1 saturated carbocycles. The molecule has 5 heteroatoms. The second-order valence-corrected chi connectivity index (χ2v) is 5.23. The average molecular weight is 241 g/mol. The van der Waals surface area contributed by atoms with Crippen LogP contribution in [0.3, 0.4) is 0 Å². The van der Waals surface area contributed by atoms with E-state index in [1.165, 1.54) is 0 Å². The third-order valence-electron chi connectivity index (χ3n) is 3.50. The Hall–Kier alpha value is -1.10. The van der Waals surface area contributed by atoms with Gasteiger partial charge in [-0.2, -0.15) is 0 Å². The van der Waals surface area contributed by atoms with Crippen molar-refractivity contribution in [3.8, 4) is 0 Å². The van der Waals surface area contributed by atoms with Gasteiger partial charge in [0.05, 0.1) is 6.04 Å². The Balaban J connectivity index is 2.35. The fourth-order valence-corrected chi connectivity index (χ4v) is 2.12. The van der Waals surface area contributed by atoms with Crippen molar-refractivity contribution in [3.63, 3.8) is 0 Å². The van der Waals surface area contributed by atoms with Crippen molar-refractivity contribution in [2.45, 2.75) is 51.6 Å². The third-order valence-corrected chi connectivity index (χ3v) is 3.50. The number of rotatable bonds is 4. The molecule has 5 N–H and O–H groups in total. The molecule has 0 unspecified atom stereocenters. The van der Waals surface area contributed by atoms with Crippen LogP contribution in [0.2, 0.25) is 0 Å². The third kappa shape index (κ3) is 4.00. The van der Waals surface area contributed by atoms with Crippen LogP contribution in [0.15, 0.2) is 0 Å². The van der Waals surface area contributed by atoms with Crippen LogP contribution in [-0.4, -0.2) is 23.9 Å². The van der Waals surface area contributed by atoms with E-state index in [1.807, 2.05) is 13.8 Å². The molecule has 0 aliphatic heterocycles. The first-order valence-corrected chi connectivity index (χ1v) is 6.27. The summed E-state index contributed by atoms with van der Waals surface area (Å²) in [5, 5.41) is 2.94. The molecular formula is C12H23N3O2. The molecule has 0 bridgehead atoms. The summed E-state index contributed by atoms with van der Waals surface area (Å²) in [5.41, 5.74) is 11.0. The Morgan fingerprint density at radius 1 is 1.18 bits per heavy atom. The van der Waals surface area contributed by atoms with Crippen LogP contribution < -0.4 is 16.8 Å². The quantitative estimate of drug-likeness (QED) is 0.652. The molecule has 1 aliphatic carbocycles. The molecule has 5 nitrogen and oxygen atoms in total. The molecule has 1 aliphatic rings. The lowest BCUT2D eigenvalue weighted by molar-refractivity contribution is -0.124. The van der Waals surface area contributed by atoms with Crippen molar-refractivity contribution in [2.75, 3.05) is 0 Å². The lowest BCUT2D eigenvalue weighted by Crippen LogP contribution is -2.49. The molecule has 0 spiro atoms. The standard InChI is InChI=1S/C12H23N3O2/c1-7(2)10(13)12(17)15-9-5-3-8(4-6-9)11(14)16/h7-10H,3-6,13H2,1-2H3,(H2,14,16)(H,15,17)/t8?,9?,10-/m1/s1. The average Bonchev–Trinajstić information content (AvgIpc) is 2.28. The van der Waals surface area contributed by atoms with Gasteiger partial charge < -0.3 is 16.8 Å². The Labute approximate surface area is 102 Å². The molecule has 1 rings (SSSR count). The monoisotopic (exact) mass is 241 g/mol. The van der Waals surface area contributed by atoms with Gasteiger partial charge >= 0.3 is 0 Å².